The lowest BCUT2D eigenvalue weighted by Gasteiger charge is -2.11. The molecule has 0 aliphatic heterocycles. The molecule has 9 aromatic carbocycles. The molecule has 5 nitrogen and oxygen atoms in total. The second-order valence-corrected chi connectivity index (χ2v) is 15.1. The molecule has 12 rings (SSSR count). The van der Waals surface area contributed by atoms with Gasteiger partial charge in [0, 0.05) is 49.2 Å². The summed E-state index contributed by atoms with van der Waals surface area (Å²) in [7, 11) is 0. The average molecular weight is 768 g/mol. The van der Waals surface area contributed by atoms with Crippen molar-refractivity contribution in [3.63, 3.8) is 0 Å². The number of rotatable bonds is 6. The second-order valence-electron chi connectivity index (χ2n) is 15.1. The summed E-state index contributed by atoms with van der Waals surface area (Å²) in [4.78, 5) is 15.1. The number of hydrogen-bond acceptors (Lipinski definition) is 5. The largest absolute Gasteiger partial charge is 0.455 e. The molecule has 0 spiro atoms. The first-order valence-electron chi connectivity index (χ1n) is 20.1. The van der Waals surface area contributed by atoms with Crippen LogP contribution in [0.3, 0.4) is 0 Å². The number of furan rings is 2. The highest BCUT2D eigenvalue weighted by molar-refractivity contribution is 6.23. The van der Waals surface area contributed by atoms with Crippen molar-refractivity contribution in [2.24, 2.45) is 0 Å². The van der Waals surface area contributed by atoms with Gasteiger partial charge >= 0.3 is 0 Å². The molecule has 0 saturated carbocycles. The number of hydrogen-bond donors (Lipinski definition) is 0. The number of fused-ring (bicyclic) bond motifs is 8. The molecule has 280 valence electrons. The summed E-state index contributed by atoms with van der Waals surface area (Å²) in [6.45, 7) is 0. The van der Waals surface area contributed by atoms with E-state index in [4.69, 9.17) is 23.8 Å². The number of aromatic nitrogens is 3. The highest BCUT2D eigenvalue weighted by Gasteiger charge is 2.21. The van der Waals surface area contributed by atoms with E-state index in [9.17, 15) is 0 Å². The fourth-order valence-corrected chi connectivity index (χ4v) is 8.69. The van der Waals surface area contributed by atoms with Crippen molar-refractivity contribution in [3.8, 4) is 67.5 Å². The predicted molar refractivity (Wildman–Crippen MR) is 245 cm³/mol. The van der Waals surface area contributed by atoms with Crippen LogP contribution in [0.4, 0.5) is 0 Å². The van der Waals surface area contributed by atoms with Crippen LogP contribution in [-0.4, -0.2) is 15.0 Å². The van der Waals surface area contributed by atoms with Crippen LogP contribution in [0.1, 0.15) is 0 Å². The summed E-state index contributed by atoms with van der Waals surface area (Å²) in [5.74, 6) is 1.86. The van der Waals surface area contributed by atoms with Crippen LogP contribution < -0.4 is 0 Å². The molecule has 60 heavy (non-hydrogen) atoms. The highest BCUT2D eigenvalue weighted by atomic mass is 16.3. The van der Waals surface area contributed by atoms with Crippen LogP contribution in [-0.2, 0) is 0 Å². The monoisotopic (exact) mass is 767 g/mol. The van der Waals surface area contributed by atoms with Crippen LogP contribution in [0.5, 0.6) is 0 Å². The highest BCUT2D eigenvalue weighted by Crippen LogP contribution is 2.45. The summed E-state index contributed by atoms with van der Waals surface area (Å²) < 4.78 is 13.3. The molecule has 0 bridgehead atoms. The first-order valence-corrected chi connectivity index (χ1v) is 20.1. The van der Waals surface area contributed by atoms with Gasteiger partial charge in [-0.05, 0) is 57.5 Å². The topological polar surface area (TPSA) is 65.0 Å². The Kier molecular flexibility index (Phi) is 7.78. The SMILES string of the molecule is c1ccc(-c2cccc(-c3nc(-c4ccccc4)nc(-c4ccc(-c5cc6c(oc7cccc(-c8cccc9c8oc8ccccc89)c76)c6ccccc56)cc4)n3)c2)cc1. The fraction of sp³-hybridized carbons (Fsp3) is 0. The van der Waals surface area contributed by atoms with Crippen LogP contribution >= 0.6 is 0 Å². The zero-order valence-electron chi connectivity index (χ0n) is 32.2. The molecule has 0 aliphatic carbocycles. The molecule has 0 aliphatic rings. The van der Waals surface area contributed by atoms with Gasteiger partial charge in [-0.15, -0.1) is 0 Å². The summed E-state index contributed by atoms with van der Waals surface area (Å²) in [6.07, 6.45) is 0. The Labute approximate surface area is 344 Å². The van der Waals surface area contributed by atoms with Gasteiger partial charge in [0.15, 0.2) is 17.5 Å². The van der Waals surface area contributed by atoms with Crippen molar-refractivity contribution in [1.82, 2.24) is 15.0 Å². The van der Waals surface area contributed by atoms with Crippen LogP contribution in [0.25, 0.3) is 122 Å². The van der Waals surface area contributed by atoms with Gasteiger partial charge in [0.2, 0.25) is 0 Å². The van der Waals surface area contributed by atoms with E-state index in [0.29, 0.717) is 17.5 Å². The maximum Gasteiger partial charge on any atom is 0.164 e. The molecule has 0 unspecified atom stereocenters. The normalized spacial score (nSPS) is 11.7. The molecule has 0 amide bonds. The van der Waals surface area contributed by atoms with E-state index in [0.717, 1.165) is 105 Å². The molecule has 0 N–H and O–H groups in total. The van der Waals surface area contributed by atoms with E-state index >= 15 is 0 Å². The first-order chi connectivity index (χ1) is 29.7. The third-order valence-electron chi connectivity index (χ3n) is 11.5. The third-order valence-corrected chi connectivity index (χ3v) is 11.5. The Morgan fingerprint density at radius 3 is 1.55 bits per heavy atom. The van der Waals surface area contributed by atoms with Crippen LogP contribution in [0, 0.1) is 0 Å². The van der Waals surface area contributed by atoms with E-state index < -0.39 is 0 Å². The van der Waals surface area contributed by atoms with Crippen molar-refractivity contribution < 1.29 is 8.83 Å². The minimum absolute atomic E-state index is 0.612. The molecular weight excluding hydrogens is 735 g/mol. The van der Waals surface area contributed by atoms with Crippen LogP contribution in [0.15, 0.2) is 209 Å². The van der Waals surface area contributed by atoms with Crippen molar-refractivity contribution in [3.05, 3.63) is 200 Å². The van der Waals surface area contributed by atoms with E-state index in [-0.39, 0.29) is 0 Å². The molecule has 5 heteroatoms. The van der Waals surface area contributed by atoms with Gasteiger partial charge < -0.3 is 8.83 Å². The number of nitrogens with zero attached hydrogens (tertiary/aromatic N) is 3. The van der Waals surface area contributed by atoms with Gasteiger partial charge in [0.25, 0.3) is 0 Å². The molecule has 0 fully saturated rings. The van der Waals surface area contributed by atoms with E-state index in [2.05, 4.69) is 152 Å². The predicted octanol–water partition coefficient (Wildman–Crippen LogP) is 14.8. The molecule has 3 heterocycles. The Bertz CT molecular complexity index is 3590. The van der Waals surface area contributed by atoms with Crippen molar-refractivity contribution >= 4 is 54.6 Å². The Morgan fingerprint density at radius 1 is 0.267 bits per heavy atom. The molecule has 3 aromatic heterocycles. The van der Waals surface area contributed by atoms with Gasteiger partial charge in [-0.1, -0.05) is 176 Å². The first kappa shape index (κ1) is 33.9. The van der Waals surface area contributed by atoms with Gasteiger partial charge in [0.1, 0.15) is 22.3 Å². The van der Waals surface area contributed by atoms with Gasteiger partial charge in [0.05, 0.1) is 0 Å². The minimum atomic E-state index is 0.612. The van der Waals surface area contributed by atoms with Gasteiger partial charge in [-0.3, -0.25) is 0 Å². The molecular formula is C55H33N3O2. The summed E-state index contributed by atoms with van der Waals surface area (Å²) >= 11 is 0. The molecule has 12 aromatic rings. The lowest BCUT2D eigenvalue weighted by Crippen LogP contribution is -2.00. The molecule has 0 radical (unpaired) electrons. The number of benzene rings is 9. The van der Waals surface area contributed by atoms with Gasteiger partial charge in [-0.25, -0.2) is 15.0 Å². The number of para-hydroxylation sites is 2. The zero-order valence-corrected chi connectivity index (χ0v) is 32.2. The molecule has 0 atom stereocenters. The Morgan fingerprint density at radius 2 is 0.767 bits per heavy atom. The summed E-state index contributed by atoms with van der Waals surface area (Å²) in [6, 6.07) is 69.2. The minimum Gasteiger partial charge on any atom is -0.455 e. The maximum atomic E-state index is 6.74. The van der Waals surface area contributed by atoms with Gasteiger partial charge in [-0.2, -0.15) is 0 Å². The van der Waals surface area contributed by atoms with E-state index in [1.807, 2.05) is 48.5 Å². The van der Waals surface area contributed by atoms with Crippen molar-refractivity contribution in [1.29, 1.82) is 0 Å². The smallest absolute Gasteiger partial charge is 0.164 e. The van der Waals surface area contributed by atoms with Crippen molar-refractivity contribution in [2.45, 2.75) is 0 Å². The molecule has 0 saturated heterocycles. The summed E-state index contributed by atoms with van der Waals surface area (Å²) in [5.41, 5.74) is 12.8. The quantitative estimate of drug-likeness (QED) is 0.169. The Hall–Kier alpha value is -8.15. The van der Waals surface area contributed by atoms with Crippen molar-refractivity contribution in [2.75, 3.05) is 0 Å². The lowest BCUT2D eigenvalue weighted by molar-refractivity contribution is 0.670. The zero-order chi connectivity index (χ0) is 39.6. The van der Waals surface area contributed by atoms with E-state index in [1.165, 1.54) is 0 Å². The third kappa shape index (κ3) is 5.59. The fourth-order valence-electron chi connectivity index (χ4n) is 8.69. The van der Waals surface area contributed by atoms with E-state index in [1.54, 1.807) is 0 Å². The summed E-state index contributed by atoms with van der Waals surface area (Å²) in [5, 5.41) is 6.50. The Balaban J connectivity index is 1.00. The van der Waals surface area contributed by atoms with Crippen LogP contribution in [0.2, 0.25) is 0 Å². The second kappa shape index (κ2) is 13.8. The standard InChI is InChI=1S/C55H33N3O2/c1-3-14-34(15-4-1)38-18-11-19-39(32-38)55-57-53(36-16-5-2-6-17-36)56-54(58-55)37-30-28-35(29-31-37)46-33-47-50-42(23-13-27-49(50)60-52(47)43-22-8-7-20-40(43)46)45-25-12-24-44-41-21-9-10-26-48(41)59-51(44)45/h1-33H. The lowest BCUT2D eigenvalue weighted by atomic mass is 9.92. The average Bonchev–Trinajstić information content (AvgIpc) is 3.91. The maximum absolute atomic E-state index is 6.74.